The third kappa shape index (κ3) is 7.01. The normalized spacial score (nSPS) is 17.2. The van der Waals surface area contributed by atoms with Crippen LogP contribution in [0.5, 0.6) is 5.75 Å². The number of benzene rings is 1. The number of nitrogens with one attached hydrogen (secondary N) is 2. The molecule has 1 unspecified atom stereocenters. The van der Waals surface area contributed by atoms with Crippen molar-refractivity contribution >= 4 is 5.91 Å². The van der Waals surface area contributed by atoms with Crippen LogP contribution in [0.1, 0.15) is 31.2 Å². The van der Waals surface area contributed by atoms with Gasteiger partial charge in [0, 0.05) is 19.6 Å². The van der Waals surface area contributed by atoms with Crippen molar-refractivity contribution in [2.45, 2.75) is 32.3 Å². The predicted octanol–water partition coefficient (Wildman–Crippen LogP) is 2.11. The molecule has 1 fully saturated rings. The molecule has 1 heterocycles. The Morgan fingerprint density at radius 1 is 1.35 bits per heavy atom. The minimum Gasteiger partial charge on any atom is -0.497 e. The van der Waals surface area contributed by atoms with Crippen molar-refractivity contribution in [1.82, 2.24) is 10.6 Å². The summed E-state index contributed by atoms with van der Waals surface area (Å²) in [6.45, 7) is 4.08. The van der Waals surface area contributed by atoms with Crippen LogP contribution in [0.4, 0.5) is 0 Å². The molecule has 0 bridgehead atoms. The predicted molar refractivity (Wildman–Crippen MR) is 90.5 cm³/mol. The molecule has 1 aliphatic heterocycles. The van der Waals surface area contributed by atoms with Gasteiger partial charge in [-0.25, -0.2) is 0 Å². The van der Waals surface area contributed by atoms with Gasteiger partial charge in [0.25, 0.3) is 0 Å². The Labute approximate surface area is 138 Å². The fraction of sp³-hybridized carbons (Fsp3) is 0.611. The second-order valence-corrected chi connectivity index (χ2v) is 6.00. The molecule has 1 saturated heterocycles. The largest absolute Gasteiger partial charge is 0.497 e. The van der Waals surface area contributed by atoms with Crippen LogP contribution >= 0.6 is 0 Å². The van der Waals surface area contributed by atoms with Crippen LogP contribution in [0, 0.1) is 5.92 Å². The minimum absolute atomic E-state index is 0.159. The molecule has 0 aromatic heterocycles. The van der Waals surface area contributed by atoms with Crippen LogP contribution in [-0.2, 0) is 16.1 Å². The molecule has 0 saturated carbocycles. The smallest absolute Gasteiger partial charge is 0.220 e. The molecule has 1 aromatic carbocycles. The molecule has 2 N–H and O–H groups in total. The Hall–Kier alpha value is -1.59. The molecule has 128 valence electrons. The number of rotatable bonds is 10. The van der Waals surface area contributed by atoms with Crippen molar-refractivity contribution in [3.05, 3.63) is 29.8 Å². The highest BCUT2D eigenvalue weighted by atomic mass is 16.5. The van der Waals surface area contributed by atoms with E-state index in [1.54, 1.807) is 7.11 Å². The summed E-state index contributed by atoms with van der Waals surface area (Å²) in [5, 5.41) is 6.29. The van der Waals surface area contributed by atoms with E-state index >= 15 is 0 Å². The van der Waals surface area contributed by atoms with Gasteiger partial charge in [0.1, 0.15) is 5.75 Å². The molecule has 5 nitrogen and oxygen atoms in total. The zero-order valence-corrected chi connectivity index (χ0v) is 14.0. The highest BCUT2D eigenvalue weighted by Gasteiger charge is 2.15. The molecule has 1 aromatic rings. The van der Waals surface area contributed by atoms with Gasteiger partial charge in [-0.15, -0.1) is 0 Å². The fourth-order valence-electron chi connectivity index (χ4n) is 2.70. The summed E-state index contributed by atoms with van der Waals surface area (Å²) in [6, 6.07) is 7.86. The molecule has 2 rings (SSSR count). The van der Waals surface area contributed by atoms with Gasteiger partial charge in [-0.1, -0.05) is 12.1 Å². The standard InChI is InChI=1S/C18H28N2O3/c1-22-17-6-3-16(4-7-17)14-23-12-2-10-20-18(21)8-5-15-9-11-19-13-15/h3-4,6-7,15,19H,2,5,8-14H2,1H3,(H,20,21). The van der Waals surface area contributed by atoms with E-state index < -0.39 is 0 Å². The van der Waals surface area contributed by atoms with Gasteiger partial charge in [-0.2, -0.15) is 0 Å². The van der Waals surface area contributed by atoms with Gasteiger partial charge in [-0.3, -0.25) is 4.79 Å². The van der Waals surface area contributed by atoms with E-state index in [-0.39, 0.29) is 5.91 Å². The van der Waals surface area contributed by atoms with Gasteiger partial charge in [0.15, 0.2) is 0 Å². The maximum atomic E-state index is 11.7. The molecular formula is C18H28N2O3. The van der Waals surface area contributed by atoms with E-state index in [1.165, 1.54) is 6.42 Å². The Morgan fingerprint density at radius 2 is 2.17 bits per heavy atom. The first-order valence-electron chi connectivity index (χ1n) is 8.46. The van der Waals surface area contributed by atoms with Crippen LogP contribution in [0.2, 0.25) is 0 Å². The lowest BCUT2D eigenvalue weighted by atomic mass is 10.0. The molecule has 1 aliphatic rings. The van der Waals surface area contributed by atoms with Crippen molar-refractivity contribution < 1.29 is 14.3 Å². The maximum Gasteiger partial charge on any atom is 0.220 e. The topological polar surface area (TPSA) is 59.6 Å². The summed E-state index contributed by atoms with van der Waals surface area (Å²) < 4.78 is 10.7. The first kappa shape index (κ1) is 17.8. The van der Waals surface area contributed by atoms with E-state index in [9.17, 15) is 4.79 Å². The average Bonchev–Trinajstić information content (AvgIpc) is 3.10. The monoisotopic (exact) mass is 320 g/mol. The van der Waals surface area contributed by atoms with Gasteiger partial charge < -0.3 is 20.1 Å². The molecule has 1 atom stereocenters. The third-order valence-electron chi connectivity index (χ3n) is 4.16. The van der Waals surface area contributed by atoms with Gasteiger partial charge in [-0.05, 0) is 56.0 Å². The van der Waals surface area contributed by atoms with E-state index in [2.05, 4.69) is 10.6 Å². The minimum atomic E-state index is 0.159. The number of hydrogen-bond acceptors (Lipinski definition) is 4. The van der Waals surface area contributed by atoms with Crippen molar-refractivity contribution in [3.8, 4) is 5.75 Å². The van der Waals surface area contributed by atoms with E-state index in [0.717, 1.165) is 37.2 Å². The van der Waals surface area contributed by atoms with Crippen LogP contribution in [0.25, 0.3) is 0 Å². The lowest BCUT2D eigenvalue weighted by Gasteiger charge is -2.09. The number of carbonyl (C=O) groups excluding carboxylic acids is 1. The molecular weight excluding hydrogens is 292 g/mol. The molecule has 0 spiro atoms. The van der Waals surface area contributed by atoms with Gasteiger partial charge in [0.2, 0.25) is 5.91 Å². The number of amides is 1. The molecule has 0 aliphatic carbocycles. The maximum absolute atomic E-state index is 11.7. The fourth-order valence-corrected chi connectivity index (χ4v) is 2.70. The van der Waals surface area contributed by atoms with Gasteiger partial charge in [0.05, 0.1) is 13.7 Å². The van der Waals surface area contributed by atoms with Crippen LogP contribution in [0.15, 0.2) is 24.3 Å². The second kappa shape index (κ2) is 10.2. The van der Waals surface area contributed by atoms with Crippen molar-refractivity contribution in [3.63, 3.8) is 0 Å². The number of ether oxygens (including phenoxy) is 2. The summed E-state index contributed by atoms with van der Waals surface area (Å²) in [7, 11) is 1.66. The van der Waals surface area contributed by atoms with Crippen LogP contribution < -0.4 is 15.4 Å². The Bertz CT molecular complexity index is 456. The average molecular weight is 320 g/mol. The molecule has 1 amide bonds. The Morgan fingerprint density at radius 3 is 2.87 bits per heavy atom. The summed E-state index contributed by atoms with van der Waals surface area (Å²) in [5.74, 6) is 1.69. The second-order valence-electron chi connectivity index (χ2n) is 6.00. The first-order chi connectivity index (χ1) is 11.3. The highest BCUT2D eigenvalue weighted by Crippen LogP contribution is 2.14. The van der Waals surface area contributed by atoms with Crippen molar-refractivity contribution in [2.24, 2.45) is 5.92 Å². The third-order valence-corrected chi connectivity index (χ3v) is 4.16. The SMILES string of the molecule is COc1ccc(COCCCNC(=O)CCC2CCNC2)cc1. The van der Waals surface area contributed by atoms with Gasteiger partial charge >= 0.3 is 0 Å². The van der Waals surface area contributed by atoms with Crippen LogP contribution in [0.3, 0.4) is 0 Å². The molecule has 0 radical (unpaired) electrons. The number of hydrogen-bond donors (Lipinski definition) is 2. The molecule has 5 heteroatoms. The lowest BCUT2D eigenvalue weighted by Crippen LogP contribution is -2.25. The highest BCUT2D eigenvalue weighted by molar-refractivity contribution is 5.75. The quantitative estimate of drug-likeness (QED) is 0.648. The summed E-state index contributed by atoms with van der Waals surface area (Å²) >= 11 is 0. The summed E-state index contributed by atoms with van der Waals surface area (Å²) in [4.78, 5) is 11.7. The first-order valence-corrected chi connectivity index (χ1v) is 8.46. The number of methoxy groups -OCH3 is 1. The molecule has 23 heavy (non-hydrogen) atoms. The summed E-state index contributed by atoms with van der Waals surface area (Å²) in [6.07, 6.45) is 3.67. The van der Waals surface area contributed by atoms with Crippen molar-refractivity contribution in [1.29, 1.82) is 0 Å². The zero-order chi connectivity index (χ0) is 16.3. The summed E-state index contributed by atoms with van der Waals surface area (Å²) in [5.41, 5.74) is 1.13. The van der Waals surface area contributed by atoms with Crippen LogP contribution in [-0.4, -0.2) is 39.3 Å². The Kier molecular flexibility index (Phi) is 7.90. The van der Waals surface area contributed by atoms with Crippen molar-refractivity contribution in [2.75, 3.05) is 33.4 Å². The Balaban J connectivity index is 1.46. The lowest BCUT2D eigenvalue weighted by molar-refractivity contribution is -0.121. The zero-order valence-electron chi connectivity index (χ0n) is 14.0. The van der Waals surface area contributed by atoms with E-state index in [0.29, 0.717) is 32.1 Å². The van der Waals surface area contributed by atoms with E-state index in [1.807, 2.05) is 24.3 Å². The van der Waals surface area contributed by atoms with E-state index in [4.69, 9.17) is 9.47 Å². The number of carbonyl (C=O) groups is 1.